The first-order valence-corrected chi connectivity index (χ1v) is 8.37. The molecule has 6 heteroatoms. The van der Waals surface area contributed by atoms with Gasteiger partial charge in [-0.15, -0.1) is 11.3 Å². The molecule has 0 saturated heterocycles. The lowest BCUT2D eigenvalue weighted by atomic mass is 10.3. The number of thiophene rings is 1. The predicted molar refractivity (Wildman–Crippen MR) is 90.6 cm³/mol. The largest absolute Gasteiger partial charge is 0.385 e. The van der Waals surface area contributed by atoms with Crippen molar-refractivity contribution in [2.24, 2.45) is 0 Å². The van der Waals surface area contributed by atoms with Gasteiger partial charge in [-0.3, -0.25) is 0 Å². The Bertz CT molecular complexity index is 570. The van der Waals surface area contributed by atoms with E-state index in [0.29, 0.717) is 5.95 Å². The summed E-state index contributed by atoms with van der Waals surface area (Å²) in [5, 5.41) is 7.78. The minimum absolute atomic E-state index is 0.703. The molecule has 0 amide bonds. The van der Waals surface area contributed by atoms with Gasteiger partial charge < -0.3 is 15.4 Å². The van der Waals surface area contributed by atoms with Crippen LogP contribution in [0.4, 0.5) is 11.8 Å². The number of unbranched alkanes of at least 4 members (excludes halogenated alkanes) is 1. The van der Waals surface area contributed by atoms with Gasteiger partial charge in [0.2, 0.25) is 5.95 Å². The Balaban J connectivity index is 2.15. The number of methoxy groups -OCH3 is 1. The summed E-state index contributed by atoms with van der Waals surface area (Å²) in [6.45, 7) is 6.75. The molecule has 0 aliphatic rings. The van der Waals surface area contributed by atoms with E-state index in [9.17, 15) is 0 Å². The molecule has 2 N–H and O–H groups in total. The van der Waals surface area contributed by atoms with E-state index < -0.39 is 0 Å². The van der Waals surface area contributed by atoms with Crippen LogP contribution >= 0.6 is 11.3 Å². The van der Waals surface area contributed by atoms with Crippen molar-refractivity contribution in [1.29, 1.82) is 0 Å². The van der Waals surface area contributed by atoms with Crippen molar-refractivity contribution in [3.05, 3.63) is 10.9 Å². The third kappa shape index (κ3) is 4.28. The lowest BCUT2D eigenvalue weighted by molar-refractivity contribution is 0.194. The van der Waals surface area contributed by atoms with Gasteiger partial charge in [-0.2, -0.15) is 4.98 Å². The average molecular weight is 308 g/mol. The zero-order chi connectivity index (χ0) is 15.1. The minimum Gasteiger partial charge on any atom is -0.385 e. The molecule has 0 aliphatic heterocycles. The standard InChI is InChI=1S/C15H24N4OS/c1-4-11-10-12-13(17-8-6-7-9-20-3)18-15(16-5-2)19-14(12)21-11/h10H,4-9H2,1-3H3,(H2,16,17,18,19). The second-order valence-electron chi connectivity index (χ2n) is 4.84. The normalized spacial score (nSPS) is 11.0. The molecule has 2 aromatic rings. The first-order chi connectivity index (χ1) is 10.3. The summed E-state index contributed by atoms with van der Waals surface area (Å²) in [6.07, 6.45) is 3.16. The number of rotatable bonds is 9. The van der Waals surface area contributed by atoms with E-state index in [0.717, 1.165) is 55.0 Å². The number of nitrogens with one attached hydrogen (secondary N) is 2. The van der Waals surface area contributed by atoms with Gasteiger partial charge in [0.25, 0.3) is 0 Å². The molecule has 0 aliphatic carbocycles. The minimum atomic E-state index is 0.703. The van der Waals surface area contributed by atoms with Gasteiger partial charge in [0.1, 0.15) is 10.6 Å². The Hall–Kier alpha value is -1.40. The number of anilines is 2. The SMILES string of the molecule is CCNc1nc(NCCCCOC)c2cc(CC)sc2n1. The molecule has 5 nitrogen and oxygen atoms in total. The highest BCUT2D eigenvalue weighted by Gasteiger charge is 2.10. The van der Waals surface area contributed by atoms with Crippen molar-refractivity contribution in [2.45, 2.75) is 33.1 Å². The molecule has 116 valence electrons. The molecule has 2 aromatic heterocycles. The maximum absolute atomic E-state index is 5.07. The molecule has 0 saturated carbocycles. The third-order valence-corrected chi connectivity index (χ3v) is 4.37. The number of hydrogen-bond acceptors (Lipinski definition) is 6. The molecule has 0 spiro atoms. The van der Waals surface area contributed by atoms with Gasteiger partial charge in [-0.25, -0.2) is 4.98 Å². The zero-order valence-electron chi connectivity index (χ0n) is 13.0. The van der Waals surface area contributed by atoms with Gasteiger partial charge in [0.05, 0.1) is 5.39 Å². The van der Waals surface area contributed by atoms with Crippen molar-refractivity contribution in [2.75, 3.05) is 37.4 Å². The molecule has 0 fully saturated rings. The van der Waals surface area contributed by atoms with Gasteiger partial charge in [-0.05, 0) is 32.3 Å². The highest BCUT2D eigenvalue weighted by atomic mass is 32.1. The van der Waals surface area contributed by atoms with Gasteiger partial charge in [0.15, 0.2) is 0 Å². The van der Waals surface area contributed by atoms with Crippen molar-refractivity contribution < 1.29 is 4.74 Å². The van der Waals surface area contributed by atoms with E-state index in [1.807, 2.05) is 0 Å². The lowest BCUT2D eigenvalue weighted by Crippen LogP contribution is -2.08. The predicted octanol–water partition coefficient (Wildman–Crippen LogP) is 3.52. The topological polar surface area (TPSA) is 59.1 Å². The summed E-state index contributed by atoms with van der Waals surface area (Å²) in [5.41, 5.74) is 0. The number of hydrogen-bond donors (Lipinski definition) is 2. The quantitative estimate of drug-likeness (QED) is 0.694. The van der Waals surface area contributed by atoms with Crippen LogP contribution in [0.5, 0.6) is 0 Å². The first-order valence-electron chi connectivity index (χ1n) is 7.55. The number of ether oxygens (including phenoxy) is 1. The highest BCUT2D eigenvalue weighted by molar-refractivity contribution is 7.18. The molecule has 21 heavy (non-hydrogen) atoms. The van der Waals surface area contributed by atoms with E-state index in [-0.39, 0.29) is 0 Å². The Labute approximate surface area is 130 Å². The van der Waals surface area contributed by atoms with Gasteiger partial charge >= 0.3 is 0 Å². The summed E-state index contributed by atoms with van der Waals surface area (Å²) in [7, 11) is 1.74. The van der Waals surface area contributed by atoms with Crippen LogP contribution < -0.4 is 10.6 Å². The van der Waals surface area contributed by atoms with Gasteiger partial charge in [0, 0.05) is 31.7 Å². The molecular formula is C15H24N4OS. The fourth-order valence-electron chi connectivity index (χ4n) is 2.10. The monoisotopic (exact) mass is 308 g/mol. The molecule has 2 rings (SSSR count). The lowest BCUT2D eigenvalue weighted by Gasteiger charge is -2.09. The fraction of sp³-hybridized carbons (Fsp3) is 0.600. The highest BCUT2D eigenvalue weighted by Crippen LogP contribution is 2.30. The summed E-state index contributed by atoms with van der Waals surface area (Å²) in [6, 6.07) is 2.20. The number of aromatic nitrogens is 2. The second-order valence-corrected chi connectivity index (χ2v) is 5.95. The van der Waals surface area contributed by atoms with E-state index in [1.165, 1.54) is 4.88 Å². The van der Waals surface area contributed by atoms with Crippen molar-refractivity contribution in [3.63, 3.8) is 0 Å². The maximum atomic E-state index is 5.07. The van der Waals surface area contributed by atoms with Crippen LogP contribution in [0.1, 0.15) is 31.6 Å². The summed E-state index contributed by atoms with van der Waals surface area (Å²) < 4.78 is 5.07. The maximum Gasteiger partial charge on any atom is 0.226 e. The van der Waals surface area contributed by atoms with Crippen molar-refractivity contribution >= 4 is 33.3 Å². The van der Waals surface area contributed by atoms with E-state index in [2.05, 4.69) is 40.5 Å². The molecule has 0 radical (unpaired) electrons. The molecule has 0 unspecified atom stereocenters. The number of fused-ring (bicyclic) bond motifs is 1. The van der Waals surface area contributed by atoms with Crippen LogP contribution in [0.25, 0.3) is 10.2 Å². The van der Waals surface area contributed by atoms with Crippen LogP contribution in [0.2, 0.25) is 0 Å². The first kappa shape index (κ1) is 16.0. The van der Waals surface area contributed by atoms with E-state index in [1.54, 1.807) is 18.4 Å². The Morgan fingerprint density at radius 3 is 2.76 bits per heavy atom. The number of nitrogens with zero attached hydrogens (tertiary/aromatic N) is 2. The Kier molecular flexibility index (Phi) is 6.20. The summed E-state index contributed by atoms with van der Waals surface area (Å²) in [5.74, 6) is 1.64. The molecule has 2 heterocycles. The van der Waals surface area contributed by atoms with Crippen molar-refractivity contribution in [3.8, 4) is 0 Å². The smallest absolute Gasteiger partial charge is 0.226 e. The Morgan fingerprint density at radius 2 is 2.05 bits per heavy atom. The summed E-state index contributed by atoms with van der Waals surface area (Å²) in [4.78, 5) is 11.6. The number of aryl methyl sites for hydroxylation is 1. The Morgan fingerprint density at radius 1 is 1.19 bits per heavy atom. The molecule has 0 aromatic carbocycles. The summed E-state index contributed by atoms with van der Waals surface area (Å²) >= 11 is 1.75. The van der Waals surface area contributed by atoms with Crippen LogP contribution in [0.3, 0.4) is 0 Å². The van der Waals surface area contributed by atoms with Crippen LogP contribution in [-0.4, -0.2) is 36.8 Å². The third-order valence-electron chi connectivity index (χ3n) is 3.19. The average Bonchev–Trinajstić information content (AvgIpc) is 2.90. The van der Waals surface area contributed by atoms with Crippen molar-refractivity contribution in [1.82, 2.24) is 9.97 Å². The fourth-order valence-corrected chi connectivity index (χ4v) is 3.06. The molecular weight excluding hydrogens is 284 g/mol. The molecule has 0 atom stereocenters. The van der Waals surface area contributed by atoms with E-state index in [4.69, 9.17) is 4.74 Å². The second kappa shape index (κ2) is 8.14. The van der Waals surface area contributed by atoms with Crippen LogP contribution in [0.15, 0.2) is 6.07 Å². The van der Waals surface area contributed by atoms with Gasteiger partial charge in [-0.1, -0.05) is 6.92 Å². The van der Waals surface area contributed by atoms with E-state index >= 15 is 0 Å². The molecule has 0 bridgehead atoms. The van der Waals surface area contributed by atoms with Crippen LogP contribution in [0, 0.1) is 0 Å². The zero-order valence-corrected chi connectivity index (χ0v) is 13.8. The van der Waals surface area contributed by atoms with Crippen LogP contribution in [-0.2, 0) is 11.2 Å².